The van der Waals surface area contributed by atoms with Crippen LogP contribution in [0.3, 0.4) is 0 Å². The molecule has 1 rings (SSSR count). The summed E-state index contributed by atoms with van der Waals surface area (Å²) in [7, 11) is 0. The molecule has 92 valence electrons. The van der Waals surface area contributed by atoms with Gasteiger partial charge in [0, 0.05) is 10.0 Å². The number of rotatable bonds is 4. The monoisotopic (exact) mass is 303 g/mol. The Hall–Kier alpha value is -1.43. The third kappa shape index (κ3) is 3.52. The lowest BCUT2D eigenvalue weighted by molar-refractivity contribution is -0.139. The zero-order chi connectivity index (χ0) is 13.0. The predicted octanol–water partition coefficient (Wildman–Crippen LogP) is 1.91. The first-order chi connectivity index (χ1) is 7.95. The number of carboxylic acid groups (broad SMARTS) is 1. The molecule has 0 fully saturated rings. The van der Waals surface area contributed by atoms with E-state index in [4.69, 9.17) is 5.11 Å². The van der Waals surface area contributed by atoms with Crippen molar-refractivity contribution in [3.05, 3.63) is 33.8 Å². The maximum atomic E-state index is 12.3. The summed E-state index contributed by atoms with van der Waals surface area (Å²) < 4.78 is 13.2. The van der Waals surface area contributed by atoms with Crippen LogP contribution in [0, 0.1) is 6.92 Å². The molecule has 0 aliphatic rings. The molecule has 2 N–H and O–H groups in total. The molecule has 0 heterocycles. The number of halogens is 2. The highest BCUT2D eigenvalue weighted by Gasteiger charge is 2.21. The van der Waals surface area contributed by atoms with E-state index in [2.05, 4.69) is 21.2 Å². The third-order valence-corrected chi connectivity index (χ3v) is 2.68. The molecule has 0 aliphatic heterocycles. The Kier molecular flexibility index (Phi) is 4.62. The van der Waals surface area contributed by atoms with Crippen molar-refractivity contribution in [3.63, 3.8) is 0 Å². The van der Waals surface area contributed by atoms with Gasteiger partial charge in [0.2, 0.25) is 0 Å². The molecule has 17 heavy (non-hydrogen) atoms. The van der Waals surface area contributed by atoms with Gasteiger partial charge in [-0.2, -0.15) is 0 Å². The molecule has 0 radical (unpaired) electrons. The first-order valence-electron chi connectivity index (χ1n) is 4.81. The average Bonchev–Trinajstić information content (AvgIpc) is 2.24. The van der Waals surface area contributed by atoms with E-state index in [1.54, 1.807) is 25.1 Å². The maximum absolute atomic E-state index is 12.3. The van der Waals surface area contributed by atoms with Gasteiger partial charge in [-0.25, -0.2) is 9.18 Å². The maximum Gasteiger partial charge on any atom is 0.328 e. The Labute approximate surface area is 106 Å². The first-order valence-corrected chi connectivity index (χ1v) is 5.60. The molecule has 0 saturated carbocycles. The average molecular weight is 304 g/mol. The predicted molar refractivity (Wildman–Crippen MR) is 63.7 cm³/mol. The van der Waals surface area contributed by atoms with E-state index in [1.807, 2.05) is 0 Å². The van der Waals surface area contributed by atoms with E-state index in [0.29, 0.717) is 11.1 Å². The number of amides is 1. The van der Waals surface area contributed by atoms with Crippen LogP contribution in [0.4, 0.5) is 4.39 Å². The smallest absolute Gasteiger partial charge is 0.328 e. The molecule has 0 spiro atoms. The van der Waals surface area contributed by atoms with Crippen LogP contribution in [0.2, 0.25) is 0 Å². The van der Waals surface area contributed by atoms with Gasteiger partial charge >= 0.3 is 5.97 Å². The number of aliphatic carboxylic acids is 1. The van der Waals surface area contributed by atoms with Crippen LogP contribution >= 0.6 is 15.9 Å². The van der Waals surface area contributed by atoms with Gasteiger partial charge in [0.1, 0.15) is 6.67 Å². The van der Waals surface area contributed by atoms with Crippen LogP contribution in [-0.4, -0.2) is 29.7 Å². The van der Waals surface area contributed by atoms with Crippen molar-refractivity contribution in [1.82, 2.24) is 5.32 Å². The number of carbonyl (C=O) groups is 2. The SMILES string of the molecule is Cc1cc(Br)ccc1C(=O)NC(CF)C(=O)O. The highest BCUT2D eigenvalue weighted by atomic mass is 79.9. The van der Waals surface area contributed by atoms with Gasteiger partial charge in [-0.3, -0.25) is 4.79 Å². The molecule has 4 nitrogen and oxygen atoms in total. The lowest BCUT2D eigenvalue weighted by Gasteiger charge is -2.12. The molecule has 0 aliphatic carbocycles. The Bertz CT molecular complexity index is 450. The first kappa shape index (κ1) is 13.6. The van der Waals surface area contributed by atoms with Crippen LogP contribution in [0.5, 0.6) is 0 Å². The summed E-state index contributed by atoms with van der Waals surface area (Å²) in [5.41, 5.74) is 1.01. The van der Waals surface area contributed by atoms with Crippen LogP contribution in [-0.2, 0) is 4.79 Å². The molecular formula is C11H11BrFNO3. The minimum absolute atomic E-state index is 0.327. The van der Waals surface area contributed by atoms with Crippen molar-refractivity contribution < 1.29 is 19.1 Å². The Morgan fingerprint density at radius 3 is 2.65 bits per heavy atom. The normalized spacial score (nSPS) is 11.9. The Balaban J connectivity index is 2.86. The number of benzene rings is 1. The largest absolute Gasteiger partial charge is 0.480 e. The fourth-order valence-corrected chi connectivity index (χ4v) is 1.76. The second-order valence-corrected chi connectivity index (χ2v) is 4.39. The second kappa shape index (κ2) is 5.77. The molecule has 1 aromatic rings. The number of nitrogens with one attached hydrogen (secondary N) is 1. The second-order valence-electron chi connectivity index (χ2n) is 3.48. The van der Waals surface area contributed by atoms with Crippen molar-refractivity contribution in [1.29, 1.82) is 0 Å². The fourth-order valence-electron chi connectivity index (χ4n) is 1.28. The van der Waals surface area contributed by atoms with Crippen molar-refractivity contribution >= 4 is 27.8 Å². The van der Waals surface area contributed by atoms with E-state index >= 15 is 0 Å². The zero-order valence-corrected chi connectivity index (χ0v) is 10.6. The highest BCUT2D eigenvalue weighted by molar-refractivity contribution is 9.10. The van der Waals surface area contributed by atoms with E-state index < -0.39 is 24.6 Å². The van der Waals surface area contributed by atoms with Crippen LogP contribution < -0.4 is 5.32 Å². The minimum atomic E-state index is -1.51. The molecule has 1 amide bonds. The van der Waals surface area contributed by atoms with Crippen LogP contribution in [0.1, 0.15) is 15.9 Å². The number of hydrogen-bond acceptors (Lipinski definition) is 2. The highest BCUT2D eigenvalue weighted by Crippen LogP contribution is 2.15. The van der Waals surface area contributed by atoms with E-state index in [1.165, 1.54) is 0 Å². The number of alkyl halides is 1. The van der Waals surface area contributed by atoms with Crippen LogP contribution in [0.15, 0.2) is 22.7 Å². The van der Waals surface area contributed by atoms with E-state index in [9.17, 15) is 14.0 Å². The molecule has 1 atom stereocenters. The molecule has 1 unspecified atom stereocenters. The van der Waals surface area contributed by atoms with E-state index in [-0.39, 0.29) is 0 Å². The van der Waals surface area contributed by atoms with Crippen molar-refractivity contribution in [2.75, 3.05) is 6.67 Å². The van der Waals surface area contributed by atoms with E-state index in [0.717, 1.165) is 4.47 Å². The molecule has 0 bridgehead atoms. The lowest BCUT2D eigenvalue weighted by Crippen LogP contribution is -2.42. The Morgan fingerprint density at radius 2 is 2.18 bits per heavy atom. The number of carboxylic acids is 1. The van der Waals surface area contributed by atoms with Gasteiger partial charge in [-0.15, -0.1) is 0 Å². The molecule has 6 heteroatoms. The molecular weight excluding hydrogens is 293 g/mol. The van der Waals surface area contributed by atoms with Crippen molar-refractivity contribution in [2.24, 2.45) is 0 Å². The van der Waals surface area contributed by atoms with Gasteiger partial charge in [0.25, 0.3) is 5.91 Å². The number of aryl methyl sites for hydroxylation is 1. The standard InChI is InChI=1S/C11H11BrFNO3/c1-6-4-7(12)2-3-8(6)10(15)14-9(5-13)11(16)17/h2-4,9H,5H2,1H3,(H,14,15)(H,16,17). The molecule has 1 aromatic carbocycles. The number of hydrogen-bond donors (Lipinski definition) is 2. The summed E-state index contributed by atoms with van der Waals surface area (Å²) in [6.45, 7) is 0.571. The van der Waals surface area contributed by atoms with Gasteiger partial charge < -0.3 is 10.4 Å². The third-order valence-electron chi connectivity index (χ3n) is 2.19. The summed E-state index contributed by atoms with van der Waals surface area (Å²) in [6.07, 6.45) is 0. The topological polar surface area (TPSA) is 66.4 Å². The lowest BCUT2D eigenvalue weighted by atomic mass is 10.1. The summed E-state index contributed by atoms with van der Waals surface area (Å²) in [4.78, 5) is 22.3. The zero-order valence-electron chi connectivity index (χ0n) is 9.04. The van der Waals surface area contributed by atoms with Crippen molar-refractivity contribution in [3.8, 4) is 0 Å². The summed E-state index contributed by atoms with van der Waals surface area (Å²) in [5, 5.41) is 10.7. The van der Waals surface area contributed by atoms with Gasteiger partial charge in [0.15, 0.2) is 6.04 Å². The van der Waals surface area contributed by atoms with Gasteiger partial charge in [-0.1, -0.05) is 15.9 Å². The molecule has 0 aromatic heterocycles. The fraction of sp³-hybridized carbons (Fsp3) is 0.273. The number of carbonyl (C=O) groups excluding carboxylic acids is 1. The van der Waals surface area contributed by atoms with Crippen molar-refractivity contribution in [2.45, 2.75) is 13.0 Å². The van der Waals surface area contributed by atoms with Gasteiger partial charge in [0.05, 0.1) is 0 Å². The minimum Gasteiger partial charge on any atom is -0.480 e. The Morgan fingerprint density at radius 1 is 1.53 bits per heavy atom. The summed E-state index contributed by atoms with van der Waals surface area (Å²) >= 11 is 3.25. The van der Waals surface area contributed by atoms with Crippen LogP contribution in [0.25, 0.3) is 0 Å². The molecule has 0 saturated heterocycles. The summed E-state index contributed by atoms with van der Waals surface area (Å²) in [6, 6.07) is 3.42. The van der Waals surface area contributed by atoms with Gasteiger partial charge in [-0.05, 0) is 30.7 Å². The summed E-state index contributed by atoms with van der Waals surface area (Å²) in [5.74, 6) is -1.99. The quantitative estimate of drug-likeness (QED) is 0.893.